The molecular weight excluding hydrogens is 731 g/mol. The van der Waals surface area contributed by atoms with E-state index in [1.54, 1.807) is 0 Å². The molecule has 1 aliphatic heterocycles. The molecule has 0 N–H and O–H groups in total. The normalized spacial score (nSPS) is 13.3. The number of fused-ring (bicyclic) bond motifs is 12. The molecule has 12 rings (SSSR count). The van der Waals surface area contributed by atoms with E-state index < -0.39 is 5.41 Å². The SMILES string of the molecule is c1ccc(-c2nc(-c3ccccc3)nc(-c3ccc(-c4ccc5c(c4)C4(c6ccccc6S5)c5ccccc5-c5ccccc54)c4sc5ccccc5c34)n2)cc1. The van der Waals surface area contributed by atoms with Crippen molar-refractivity contribution in [3.63, 3.8) is 0 Å². The lowest BCUT2D eigenvalue weighted by Gasteiger charge is -2.40. The van der Waals surface area contributed by atoms with Gasteiger partial charge in [-0.05, 0) is 74.8 Å². The minimum Gasteiger partial charge on any atom is -0.208 e. The van der Waals surface area contributed by atoms with E-state index in [9.17, 15) is 0 Å². The minimum atomic E-state index is -0.438. The number of hydrogen-bond donors (Lipinski definition) is 0. The Hall–Kier alpha value is -6.66. The molecule has 0 fully saturated rings. The van der Waals surface area contributed by atoms with Crippen molar-refractivity contribution in [1.29, 1.82) is 0 Å². The van der Waals surface area contributed by atoms with Gasteiger partial charge in [0, 0.05) is 46.7 Å². The number of hydrogen-bond acceptors (Lipinski definition) is 5. The van der Waals surface area contributed by atoms with Crippen LogP contribution in [0.25, 0.3) is 76.6 Å². The maximum Gasteiger partial charge on any atom is 0.164 e. The van der Waals surface area contributed by atoms with Gasteiger partial charge in [0.05, 0.1) is 5.41 Å². The zero-order chi connectivity index (χ0) is 37.5. The van der Waals surface area contributed by atoms with Crippen molar-refractivity contribution in [3.8, 4) is 56.4 Å². The number of benzene rings is 8. The smallest absolute Gasteiger partial charge is 0.164 e. The van der Waals surface area contributed by atoms with Gasteiger partial charge < -0.3 is 0 Å². The number of nitrogens with zero attached hydrogens (tertiary/aromatic N) is 3. The predicted molar refractivity (Wildman–Crippen MR) is 236 cm³/mol. The van der Waals surface area contributed by atoms with E-state index in [0.717, 1.165) is 16.7 Å². The van der Waals surface area contributed by atoms with Crippen molar-refractivity contribution in [1.82, 2.24) is 15.0 Å². The minimum absolute atomic E-state index is 0.438. The molecule has 8 aromatic carbocycles. The van der Waals surface area contributed by atoms with Crippen LogP contribution >= 0.6 is 23.1 Å². The van der Waals surface area contributed by atoms with Gasteiger partial charge in [0.15, 0.2) is 17.5 Å². The lowest BCUT2D eigenvalue weighted by atomic mass is 9.67. The predicted octanol–water partition coefficient (Wildman–Crippen LogP) is 13.7. The van der Waals surface area contributed by atoms with Crippen LogP contribution in [-0.4, -0.2) is 15.0 Å². The van der Waals surface area contributed by atoms with Gasteiger partial charge in [-0.3, -0.25) is 0 Å². The van der Waals surface area contributed by atoms with Crippen molar-refractivity contribution >= 4 is 43.3 Å². The summed E-state index contributed by atoms with van der Waals surface area (Å²) < 4.78 is 2.46. The van der Waals surface area contributed by atoms with Crippen LogP contribution in [0.15, 0.2) is 198 Å². The van der Waals surface area contributed by atoms with Crippen LogP contribution in [0, 0.1) is 0 Å². The molecule has 5 heteroatoms. The number of aromatic nitrogens is 3. The first-order valence-electron chi connectivity index (χ1n) is 19.2. The van der Waals surface area contributed by atoms with Crippen molar-refractivity contribution in [2.75, 3.05) is 0 Å². The standard InChI is InChI=1S/C52H31N3S2/c1-3-15-32(16-4-1)49-53-50(33-17-5-2-6-18-33)55-51(54-49)39-29-28-35(48-47(39)38-21-9-13-25-44(38)57-48)34-27-30-46-43(31-34)52(42-24-12-14-26-45(42)56-46)40-22-10-7-19-36(40)37-20-8-11-23-41(37)52/h1-31H. The Bertz CT molecular complexity index is 3120. The fraction of sp³-hybridized carbons (Fsp3) is 0.0192. The van der Waals surface area contributed by atoms with Crippen LogP contribution in [0.1, 0.15) is 22.3 Å². The first-order chi connectivity index (χ1) is 28.3. The highest BCUT2D eigenvalue weighted by Gasteiger charge is 2.50. The Balaban J connectivity index is 1.11. The molecule has 0 radical (unpaired) electrons. The molecule has 3 nitrogen and oxygen atoms in total. The molecule has 0 unspecified atom stereocenters. The third-order valence-electron chi connectivity index (χ3n) is 11.6. The summed E-state index contributed by atoms with van der Waals surface area (Å²) in [5.74, 6) is 1.98. The summed E-state index contributed by atoms with van der Waals surface area (Å²) in [6, 6.07) is 67.9. The van der Waals surface area contributed by atoms with Gasteiger partial charge in [-0.1, -0.05) is 169 Å². The van der Waals surface area contributed by atoms with E-state index in [0.29, 0.717) is 17.5 Å². The van der Waals surface area contributed by atoms with E-state index in [2.05, 4.69) is 152 Å². The summed E-state index contributed by atoms with van der Waals surface area (Å²) >= 11 is 3.73. The third kappa shape index (κ3) is 4.83. The molecule has 0 saturated heterocycles. The average Bonchev–Trinajstić information content (AvgIpc) is 3.82. The topological polar surface area (TPSA) is 38.7 Å². The number of thiophene rings is 1. The van der Waals surface area contributed by atoms with Gasteiger partial charge in [0.2, 0.25) is 0 Å². The largest absolute Gasteiger partial charge is 0.208 e. The highest BCUT2D eigenvalue weighted by atomic mass is 32.2. The monoisotopic (exact) mass is 761 g/mol. The molecule has 2 aromatic heterocycles. The van der Waals surface area contributed by atoms with E-state index in [4.69, 9.17) is 15.0 Å². The maximum atomic E-state index is 5.19. The summed E-state index contributed by atoms with van der Waals surface area (Å²) in [6.45, 7) is 0. The summed E-state index contributed by atoms with van der Waals surface area (Å²) in [4.78, 5) is 18.0. The maximum absolute atomic E-state index is 5.19. The van der Waals surface area contributed by atoms with Crippen LogP contribution in [0.4, 0.5) is 0 Å². The molecule has 1 spiro atoms. The fourth-order valence-electron chi connectivity index (χ4n) is 9.19. The van der Waals surface area contributed by atoms with Gasteiger partial charge in [0.1, 0.15) is 0 Å². The molecule has 2 aliphatic rings. The quantitative estimate of drug-likeness (QED) is 0.179. The Morgan fingerprint density at radius 1 is 0.368 bits per heavy atom. The highest BCUT2D eigenvalue weighted by molar-refractivity contribution is 7.99. The lowest BCUT2D eigenvalue weighted by Crippen LogP contribution is -2.32. The summed E-state index contributed by atoms with van der Waals surface area (Å²) in [5.41, 5.74) is 12.9. The average molecular weight is 762 g/mol. The van der Waals surface area contributed by atoms with Crippen molar-refractivity contribution in [3.05, 3.63) is 210 Å². The third-order valence-corrected chi connectivity index (χ3v) is 14.0. The number of rotatable bonds is 4. The Labute approximate surface area is 338 Å². The summed E-state index contributed by atoms with van der Waals surface area (Å²) in [5, 5.41) is 2.37. The molecule has 3 heterocycles. The molecule has 0 atom stereocenters. The lowest BCUT2D eigenvalue weighted by molar-refractivity contribution is 0.723. The van der Waals surface area contributed by atoms with Crippen LogP contribution in [-0.2, 0) is 5.41 Å². The van der Waals surface area contributed by atoms with Gasteiger partial charge >= 0.3 is 0 Å². The Kier molecular flexibility index (Phi) is 7.25. The van der Waals surface area contributed by atoms with Crippen molar-refractivity contribution in [2.45, 2.75) is 15.2 Å². The van der Waals surface area contributed by atoms with Crippen LogP contribution < -0.4 is 0 Å². The van der Waals surface area contributed by atoms with E-state index >= 15 is 0 Å². The summed E-state index contributed by atoms with van der Waals surface area (Å²) in [7, 11) is 0. The Morgan fingerprint density at radius 3 is 1.61 bits per heavy atom. The van der Waals surface area contributed by atoms with Gasteiger partial charge in [0.25, 0.3) is 0 Å². The molecule has 10 aromatic rings. The first kappa shape index (κ1) is 32.6. The highest BCUT2D eigenvalue weighted by Crippen LogP contribution is 2.62. The van der Waals surface area contributed by atoms with Crippen molar-refractivity contribution in [2.24, 2.45) is 0 Å². The molecule has 266 valence electrons. The molecular formula is C52H31N3S2. The zero-order valence-electron chi connectivity index (χ0n) is 30.6. The molecule has 0 saturated carbocycles. The van der Waals surface area contributed by atoms with Crippen LogP contribution in [0.2, 0.25) is 0 Å². The fourth-order valence-corrected chi connectivity index (χ4v) is 11.6. The van der Waals surface area contributed by atoms with Crippen molar-refractivity contribution < 1.29 is 0 Å². The molecule has 0 amide bonds. The van der Waals surface area contributed by atoms with Gasteiger partial charge in [-0.25, -0.2) is 15.0 Å². The molecule has 1 aliphatic carbocycles. The van der Waals surface area contributed by atoms with E-state index in [-0.39, 0.29) is 0 Å². The second-order valence-electron chi connectivity index (χ2n) is 14.7. The van der Waals surface area contributed by atoms with E-state index in [1.807, 2.05) is 59.5 Å². The molecule has 0 bridgehead atoms. The first-order valence-corrected chi connectivity index (χ1v) is 20.8. The zero-order valence-corrected chi connectivity index (χ0v) is 32.2. The van der Waals surface area contributed by atoms with E-state index in [1.165, 1.54) is 74.5 Å². The van der Waals surface area contributed by atoms with Crippen LogP contribution in [0.5, 0.6) is 0 Å². The molecule has 57 heavy (non-hydrogen) atoms. The second-order valence-corrected chi connectivity index (χ2v) is 16.8. The summed E-state index contributed by atoms with van der Waals surface area (Å²) in [6.07, 6.45) is 0. The van der Waals surface area contributed by atoms with Gasteiger partial charge in [-0.2, -0.15) is 0 Å². The Morgan fingerprint density at radius 2 is 0.912 bits per heavy atom. The van der Waals surface area contributed by atoms with Crippen LogP contribution in [0.3, 0.4) is 0 Å². The van der Waals surface area contributed by atoms with Gasteiger partial charge in [-0.15, -0.1) is 11.3 Å². The second kappa shape index (κ2) is 12.7.